The molecule has 0 fully saturated rings. The van der Waals surface area contributed by atoms with Crippen molar-refractivity contribution in [3.8, 4) is 0 Å². The molecule has 17 heavy (non-hydrogen) atoms. The van der Waals surface area contributed by atoms with Gasteiger partial charge in [0.1, 0.15) is 4.34 Å². The second-order valence-electron chi connectivity index (χ2n) is 3.31. The molecular formula is C11H5Br2Cl3S. The molecule has 0 bridgehead atoms. The molecule has 2 aromatic rings. The molecule has 0 radical (unpaired) electrons. The fraction of sp³-hybridized carbons (Fsp3) is 0.0909. The van der Waals surface area contributed by atoms with E-state index in [1.54, 1.807) is 6.07 Å². The monoisotopic (exact) mass is 432 g/mol. The predicted octanol–water partition coefficient (Wildman–Crippen LogP) is 6.96. The standard InChI is InChI=1S/C11H5Br2Cl3S/c12-6-4-9(17-11(6)16)10(13)5-1-2-7(14)8(15)3-5/h1-4,10H. The lowest BCUT2D eigenvalue weighted by Gasteiger charge is -2.08. The molecule has 1 heterocycles. The Balaban J connectivity index is 2.36. The molecule has 0 aliphatic heterocycles. The SMILES string of the molecule is Clc1ccc(C(Br)c2cc(Br)c(Cl)s2)cc1Cl. The maximum absolute atomic E-state index is 6.02. The molecule has 1 atom stereocenters. The first-order valence-electron chi connectivity index (χ1n) is 4.53. The van der Waals surface area contributed by atoms with Crippen LogP contribution < -0.4 is 0 Å². The summed E-state index contributed by atoms with van der Waals surface area (Å²) in [5, 5.41) is 1.11. The number of thiophene rings is 1. The van der Waals surface area contributed by atoms with Crippen molar-refractivity contribution in [2.75, 3.05) is 0 Å². The summed E-state index contributed by atoms with van der Waals surface area (Å²) in [5.74, 6) is 0. The van der Waals surface area contributed by atoms with Crippen LogP contribution in [0.1, 0.15) is 15.3 Å². The molecule has 1 aromatic carbocycles. The van der Waals surface area contributed by atoms with Crippen molar-refractivity contribution < 1.29 is 0 Å². The lowest BCUT2D eigenvalue weighted by atomic mass is 10.1. The quantitative estimate of drug-likeness (QED) is 0.448. The van der Waals surface area contributed by atoms with Gasteiger partial charge < -0.3 is 0 Å². The largest absolute Gasteiger partial charge is 0.126 e. The average Bonchev–Trinajstić information content (AvgIpc) is 2.62. The van der Waals surface area contributed by atoms with Crippen LogP contribution in [0.5, 0.6) is 0 Å². The first kappa shape index (κ1) is 14.2. The summed E-state index contributed by atoms with van der Waals surface area (Å²) in [6.07, 6.45) is 0. The van der Waals surface area contributed by atoms with E-state index in [9.17, 15) is 0 Å². The summed E-state index contributed by atoms with van der Waals surface area (Å²) in [5.41, 5.74) is 1.05. The van der Waals surface area contributed by atoms with Crippen LogP contribution in [0.4, 0.5) is 0 Å². The van der Waals surface area contributed by atoms with Crippen LogP contribution in [0, 0.1) is 0 Å². The van der Waals surface area contributed by atoms with Crippen molar-refractivity contribution in [1.29, 1.82) is 0 Å². The lowest BCUT2D eigenvalue weighted by Crippen LogP contribution is -1.89. The van der Waals surface area contributed by atoms with E-state index in [0.717, 1.165) is 19.2 Å². The number of rotatable bonds is 2. The predicted molar refractivity (Wildman–Crippen MR) is 84.3 cm³/mol. The molecule has 1 aromatic heterocycles. The third-order valence-electron chi connectivity index (χ3n) is 2.15. The Labute approximate surface area is 135 Å². The Morgan fingerprint density at radius 1 is 1.06 bits per heavy atom. The van der Waals surface area contributed by atoms with Crippen molar-refractivity contribution in [3.05, 3.63) is 53.6 Å². The van der Waals surface area contributed by atoms with Crippen LogP contribution in [0.3, 0.4) is 0 Å². The molecule has 6 heteroatoms. The summed E-state index contributed by atoms with van der Waals surface area (Å²) in [7, 11) is 0. The Kier molecular flexibility index (Phi) is 4.84. The fourth-order valence-corrected chi connectivity index (χ4v) is 4.07. The number of halogens is 5. The number of hydrogen-bond acceptors (Lipinski definition) is 1. The van der Waals surface area contributed by atoms with Crippen LogP contribution >= 0.6 is 78.0 Å². The molecule has 0 aliphatic carbocycles. The van der Waals surface area contributed by atoms with Gasteiger partial charge in [-0.3, -0.25) is 0 Å². The van der Waals surface area contributed by atoms with Gasteiger partial charge in [0.2, 0.25) is 0 Å². The highest BCUT2D eigenvalue weighted by Crippen LogP contribution is 2.42. The Morgan fingerprint density at radius 3 is 2.29 bits per heavy atom. The first-order valence-corrected chi connectivity index (χ1v) is 8.18. The zero-order chi connectivity index (χ0) is 12.6. The third kappa shape index (κ3) is 3.20. The summed E-state index contributed by atoms with van der Waals surface area (Å²) < 4.78 is 1.65. The highest BCUT2D eigenvalue weighted by Gasteiger charge is 2.16. The third-order valence-corrected chi connectivity index (χ3v) is 6.75. The van der Waals surface area contributed by atoms with E-state index >= 15 is 0 Å². The van der Waals surface area contributed by atoms with E-state index in [0.29, 0.717) is 10.0 Å². The van der Waals surface area contributed by atoms with Crippen molar-refractivity contribution in [2.24, 2.45) is 0 Å². The van der Waals surface area contributed by atoms with E-state index in [4.69, 9.17) is 34.8 Å². The summed E-state index contributed by atoms with van der Waals surface area (Å²) in [6.45, 7) is 0. The molecule has 0 saturated carbocycles. The van der Waals surface area contributed by atoms with E-state index < -0.39 is 0 Å². The molecule has 2 rings (SSSR count). The van der Waals surface area contributed by atoms with E-state index in [-0.39, 0.29) is 4.83 Å². The van der Waals surface area contributed by atoms with Gasteiger partial charge in [-0.15, -0.1) is 11.3 Å². The van der Waals surface area contributed by atoms with Crippen LogP contribution in [0.25, 0.3) is 0 Å². The number of benzene rings is 1. The normalized spacial score (nSPS) is 12.8. The first-order chi connectivity index (χ1) is 7.99. The molecule has 0 saturated heterocycles. The highest BCUT2D eigenvalue weighted by molar-refractivity contribution is 9.10. The van der Waals surface area contributed by atoms with Gasteiger partial charge in [-0.25, -0.2) is 0 Å². The van der Waals surface area contributed by atoms with Crippen LogP contribution in [-0.4, -0.2) is 0 Å². The second-order valence-corrected chi connectivity index (χ2v) is 7.58. The maximum Gasteiger partial charge on any atom is 0.107 e. The Morgan fingerprint density at radius 2 is 1.76 bits per heavy atom. The summed E-state index contributed by atoms with van der Waals surface area (Å²) >= 11 is 26.5. The molecule has 0 N–H and O–H groups in total. The van der Waals surface area contributed by atoms with Crippen molar-refractivity contribution in [3.63, 3.8) is 0 Å². The molecule has 0 aliphatic rings. The van der Waals surface area contributed by atoms with Gasteiger partial charge in [0.05, 0.1) is 14.9 Å². The van der Waals surface area contributed by atoms with Crippen LogP contribution in [0.2, 0.25) is 14.4 Å². The minimum atomic E-state index is 0.0612. The van der Waals surface area contributed by atoms with Gasteiger partial charge in [0.25, 0.3) is 0 Å². The van der Waals surface area contributed by atoms with Crippen LogP contribution in [-0.2, 0) is 0 Å². The number of hydrogen-bond donors (Lipinski definition) is 0. The van der Waals surface area contributed by atoms with Crippen molar-refractivity contribution >= 4 is 78.0 Å². The van der Waals surface area contributed by atoms with Gasteiger partial charge in [-0.05, 0) is 39.7 Å². The zero-order valence-corrected chi connectivity index (χ0v) is 14.4. The van der Waals surface area contributed by atoms with Crippen molar-refractivity contribution in [2.45, 2.75) is 4.83 Å². The molecule has 0 spiro atoms. The van der Waals surface area contributed by atoms with E-state index in [2.05, 4.69) is 31.9 Å². The van der Waals surface area contributed by atoms with E-state index in [1.165, 1.54) is 11.3 Å². The van der Waals surface area contributed by atoms with Gasteiger partial charge in [0.15, 0.2) is 0 Å². The smallest absolute Gasteiger partial charge is 0.107 e. The average molecular weight is 435 g/mol. The Bertz CT molecular complexity index is 534. The van der Waals surface area contributed by atoms with Gasteiger partial charge in [0, 0.05) is 9.35 Å². The molecular weight excluding hydrogens is 430 g/mol. The number of alkyl halides is 1. The van der Waals surface area contributed by atoms with Crippen LogP contribution in [0.15, 0.2) is 28.7 Å². The topological polar surface area (TPSA) is 0 Å². The summed E-state index contributed by atoms with van der Waals surface area (Å²) in [6, 6.07) is 7.58. The van der Waals surface area contributed by atoms with Crippen molar-refractivity contribution in [1.82, 2.24) is 0 Å². The molecule has 0 nitrogen and oxygen atoms in total. The Hall–Kier alpha value is 0.750. The maximum atomic E-state index is 6.02. The molecule has 90 valence electrons. The minimum Gasteiger partial charge on any atom is -0.126 e. The molecule has 1 unspecified atom stereocenters. The molecule has 0 amide bonds. The fourth-order valence-electron chi connectivity index (χ4n) is 1.32. The summed E-state index contributed by atoms with van der Waals surface area (Å²) in [4.78, 5) is 1.17. The second kappa shape index (κ2) is 5.81. The van der Waals surface area contributed by atoms with Gasteiger partial charge >= 0.3 is 0 Å². The lowest BCUT2D eigenvalue weighted by molar-refractivity contribution is 1.22. The zero-order valence-electron chi connectivity index (χ0n) is 8.18. The highest BCUT2D eigenvalue weighted by atomic mass is 79.9. The minimum absolute atomic E-state index is 0.0612. The van der Waals surface area contributed by atoms with Gasteiger partial charge in [-0.1, -0.05) is 56.8 Å². The van der Waals surface area contributed by atoms with E-state index in [1.807, 2.05) is 18.2 Å². The van der Waals surface area contributed by atoms with Gasteiger partial charge in [-0.2, -0.15) is 0 Å².